The van der Waals surface area contributed by atoms with E-state index in [1.807, 2.05) is 14.0 Å². The molecule has 7 heteroatoms. The smallest absolute Gasteiger partial charge is 0.305 e. The van der Waals surface area contributed by atoms with Gasteiger partial charge in [-0.15, -0.1) is 24.0 Å². The molecule has 0 bridgehead atoms. The van der Waals surface area contributed by atoms with Gasteiger partial charge < -0.3 is 15.0 Å². The van der Waals surface area contributed by atoms with E-state index in [1.165, 1.54) is 5.56 Å². The molecule has 1 fully saturated rings. The molecule has 1 aromatic rings. The maximum atomic E-state index is 11.3. The van der Waals surface area contributed by atoms with Gasteiger partial charge in [0.2, 0.25) is 0 Å². The highest BCUT2D eigenvalue weighted by atomic mass is 127. The Labute approximate surface area is 174 Å². The number of rotatable bonds is 7. The molecule has 1 aliphatic rings. The first-order valence-electron chi connectivity index (χ1n) is 9.10. The van der Waals surface area contributed by atoms with E-state index in [2.05, 4.69) is 50.4 Å². The molecule has 0 aromatic heterocycles. The molecule has 0 atom stereocenters. The largest absolute Gasteiger partial charge is 0.466 e. The predicted molar refractivity (Wildman–Crippen MR) is 116 cm³/mol. The lowest BCUT2D eigenvalue weighted by atomic mass is 10.2. The summed E-state index contributed by atoms with van der Waals surface area (Å²) < 4.78 is 4.94. The number of esters is 1. The number of carbonyl (C=O) groups excluding carboxylic acids is 1. The fourth-order valence-electron chi connectivity index (χ4n) is 2.96. The number of hydrogen-bond donors (Lipinski definition) is 1. The normalized spacial score (nSPS) is 15.3. The number of halogens is 1. The van der Waals surface area contributed by atoms with Crippen molar-refractivity contribution in [3.8, 4) is 0 Å². The van der Waals surface area contributed by atoms with Crippen LogP contribution in [0.3, 0.4) is 0 Å². The van der Waals surface area contributed by atoms with Gasteiger partial charge in [0.15, 0.2) is 5.96 Å². The Morgan fingerprint density at radius 3 is 2.50 bits per heavy atom. The Morgan fingerprint density at radius 1 is 1.19 bits per heavy atom. The van der Waals surface area contributed by atoms with Gasteiger partial charge >= 0.3 is 5.97 Å². The zero-order valence-electron chi connectivity index (χ0n) is 15.8. The van der Waals surface area contributed by atoms with Gasteiger partial charge in [0.25, 0.3) is 0 Å². The minimum atomic E-state index is -0.131. The average Bonchev–Trinajstić information content (AvgIpc) is 2.64. The van der Waals surface area contributed by atoms with Crippen molar-refractivity contribution in [2.45, 2.75) is 26.3 Å². The van der Waals surface area contributed by atoms with Gasteiger partial charge in [0.05, 0.1) is 6.61 Å². The number of hydrogen-bond acceptors (Lipinski definition) is 4. The van der Waals surface area contributed by atoms with Gasteiger partial charge in [0, 0.05) is 52.7 Å². The van der Waals surface area contributed by atoms with E-state index < -0.39 is 0 Å². The number of carbonyl (C=O) groups is 1. The Hall–Kier alpha value is -1.35. The summed E-state index contributed by atoms with van der Waals surface area (Å²) in [5, 5.41) is 3.35. The molecule has 0 spiro atoms. The van der Waals surface area contributed by atoms with Crippen LogP contribution in [0, 0.1) is 0 Å². The number of guanidine groups is 1. The highest BCUT2D eigenvalue weighted by Gasteiger charge is 2.19. The second-order valence-corrected chi connectivity index (χ2v) is 6.13. The van der Waals surface area contributed by atoms with Crippen LogP contribution in [0.2, 0.25) is 0 Å². The third-order valence-electron chi connectivity index (χ3n) is 4.28. The number of ether oxygens (including phenoxy) is 1. The molecule has 146 valence electrons. The van der Waals surface area contributed by atoms with Crippen LogP contribution in [0.1, 0.15) is 25.3 Å². The minimum Gasteiger partial charge on any atom is -0.466 e. The average molecular weight is 474 g/mol. The van der Waals surface area contributed by atoms with Gasteiger partial charge in [-0.25, -0.2) is 0 Å². The maximum Gasteiger partial charge on any atom is 0.305 e. The zero-order chi connectivity index (χ0) is 17.9. The van der Waals surface area contributed by atoms with Crippen molar-refractivity contribution >= 4 is 35.9 Å². The molecule has 6 nitrogen and oxygen atoms in total. The molecular weight excluding hydrogens is 443 g/mol. The summed E-state index contributed by atoms with van der Waals surface area (Å²) in [6.07, 6.45) is 1.20. The molecule has 0 amide bonds. The van der Waals surface area contributed by atoms with Crippen LogP contribution >= 0.6 is 24.0 Å². The summed E-state index contributed by atoms with van der Waals surface area (Å²) in [4.78, 5) is 20.5. The monoisotopic (exact) mass is 474 g/mol. The van der Waals surface area contributed by atoms with Gasteiger partial charge in [-0.1, -0.05) is 30.3 Å². The van der Waals surface area contributed by atoms with E-state index in [9.17, 15) is 4.79 Å². The Balaban J connectivity index is 0.00000338. The third-order valence-corrected chi connectivity index (χ3v) is 4.28. The van der Waals surface area contributed by atoms with E-state index in [-0.39, 0.29) is 29.9 Å². The van der Waals surface area contributed by atoms with Crippen molar-refractivity contribution < 1.29 is 9.53 Å². The summed E-state index contributed by atoms with van der Waals surface area (Å²) in [5.41, 5.74) is 1.36. The second kappa shape index (κ2) is 12.9. The molecule has 0 radical (unpaired) electrons. The first-order chi connectivity index (χ1) is 12.2. The Bertz CT molecular complexity index is 546. The van der Waals surface area contributed by atoms with Crippen LogP contribution in [0.5, 0.6) is 0 Å². The molecule has 1 heterocycles. The van der Waals surface area contributed by atoms with Crippen molar-refractivity contribution in [3.05, 3.63) is 35.9 Å². The third kappa shape index (κ3) is 7.90. The van der Waals surface area contributed by atoms with Gasteiger partial charge in [0.1, 0.15) is 0 Å². The molecule has 1 saturated heterocycles. The fourth-order valence-corrected chi connectivity index (χ4v) is 2.96. The van der Waals surface area contributed by atoms with Crippen molar-refractivity contribution in [1.82, 2.24) is 15.1 Å². The SMILES string of the molecule is CCOC(=O)CCCNC(=NC)N1CCN(Cc2ccccc2)CC1.I. The van der Waals surface area contributed by atoms with Crippen molar-refractivity contribution in [2.24, 2.45) is 4.99 Å². The van der Waals surface area contributed by atoms with Crippen molar-refractivity contribution in [2.75, 3.05) is 46.4 Å². The highest BCUT2D eigenvalue weighted by Crippen LogP contribution is 2.08. The second-order valence-electron chi connectivity index (χ2n) is 6.13. The molecule has 0 aliphatic carbocycles. The summed E-state index contributed by atoms with van der Waals surface area (Å²) in [6.45, 7) is 7.98. The predicted octanol–water partition coefficient (Wildman–Crippen LogP) is 2.34. The number of benzene rings is 1. The molecule has 26 heavy (non-hydrogen) atoms. The van der Waals surface area contributed by atoms with Crippen LogP contribution < -0.4 is 5.32 Å². The van der Waals surface area contributed by atoms with E-state index in [0.29, 0.717) is 13.0 Å². The quantitative estimate of drug-likeness (QED) is 0.216. The van der Waals surface area contributed by atoms with Crippen LogP contribution in [0.15, 0.2) is 35.3 Å². The Morgan fingerprint density at radius 2 is 1.88 bits per heavy atom. The molecule has 2 rings (SSSR count). The van der Waals surface area contributed by atoms with Crippen LogP contribution in [0.4, 0.5) is 0 Å². The van der Waals surface area contributed by atoms with Crippen LogP contribution in [-0.4, -0.2) is 68.1 Å². The van der Waals surface area contributed by atoms with E-state index in [0.717, 1.165) is 51.6 Å². The summed E-state index contributed by atoms with van der Waals surface area (Å²) in [7, 11) is 1.81. The highest BCUT2D eigenvalue weighted by molar-refractivity contribution is 14.0. The Kier molecular flexibility index (Phi) is 11.3. The molecule has 1 aromatic carbocycles. The topological polar surface area (TPSA) is 57.2 Å². The van der Waals surface area contributed by atoms with Gasteiger partial charge in [-0.05, 0) is 18.9 Å². The first-order valence-corrected chi connectivity index (χ1v) is 9.10. The van der Waals surface area contributed by atoms with E-state index in [4.69, 9.17) is 4.74 Å². The minimum absolute atomic E-state index is 0. The lowest BCUT2D eigenvalue weighted by Gasteiger charge is -2.36. The van der Waals surface area contributed by atoms with Gasteiger partial charge in [-0.3, -0.25) is 14.7 Å². The fraction of sp³-hybridized carbons (Fsp3) is 0.579. The van der Waals surface area contributed by atoms with Crippen LogP contribution in [-0.2, 0) is 16.1 Å². The lowest BCUT2D eigenvalue weighted by molar-refractivity contribution is -0.143. The number of piperazine rings is 1. The maximum absolute atomic E-state index is 11.3. The molecular formula is C19H31IN4O2. The van der Waals surface area contributed by atoms with Crippen molar-refractivity contribution in [1.29, 1.82) is 0 Å². The van der Waals surface area contributed by atoms with Gasteiger partial charge in [-0.2, -0.15) is 0 Å². The van der Waals surface area contributed by atoms with E-state index in [1.54, 1.807) is 0 Å². The molecule has 1 aliphatic heterocycles. The van der Waals surface area contributed by atoms with E-state index >= 15 is 0 Å². The lowest BCUT2D eigenvalue weighted by Crippen LogP contribution is -2.52. The van der Waals surface area contributed by atoms with Crippen LogP contribution in [0.25, 0.3) is 0 Å². The number of nitrogens with one attached hydrogen (secondary N) is 1. The first kappa shape index (κ1) is 22.7. The molecule has 0 saturated carbocycles. The summed E-state index contributed by atoms with van der Waals surface area (Å²) in [6, 6.07) is 10.6. The van der Waals surface area contributed by atoms with Crippen molar-refractivity contribution in [3.63, 3.8) is 0 Å². The standard InChI is InChI=1S/C19H30N4O2.HI/c1-3-25-18(24)10-7-11-21-19(20-2)23-14-12-22(13-15-23)16-17-8-5-4-6-9-17;/h4-6,8-9H,3,7,10-16H2,1-2H3,(H,20,21);1H. The summed E-state index contributed by atoms with van der Waals surface area (Å²) in [5.74, 6) is 0.789. The zero-order valence-corrected chi connectivity index (χ0v) is 18.1. The number of nitrogens with zero attached hydrogens (tertiary/aromatic N) is 3. The molecule has 1 N–H and O–H groups in total. The summed E-state index contributed by atoms with van der Waals surface area (Å²) >= 11 is 0. The molecule has 0 unspecified atom stereocenters. The number of aliphatic imine (C=N–C) groups is 1.